The van der Waals surface area contributed by atoms with Crippen LogP contribution >= 0.6 is 0 Å². The Kier molecular flexibility index (Phi) is 3.43. The molecule has 0 aromatic carbocycles. The Morgan fingerprint density at radius 2 is 1.84 bits per heavy atom. The Hall–Kier alpha value is -0.120. The van der Waals surface area contributed by atoms with E-state index in [4.69, 9.17) is 4.74 Å². The topological polar surface area (TPSA) is 49.7 Å². The highest BCUT2D eigenvalue weighted by molar-refractivity contribution is 5.06. The number of aliphatic hydroxyl groups is 2. The summed E-state index contributed by atoms with van der Waals surface area (Å²) >= 11 is 0. The Bertz CT molecular complexity index is 345. The first-order chi connectivity index (χ1) is 8.99. The van der Waals surface area contributed by atoms with Crippen molar-refractivity contribution in [3.63, 3.8) is 0 Å². The van der Waals surface area contributed by atoms with Crippen LogP contribution in [0.1, 0.15) is 65.2 Å². The lowest BCUT2D eigenvalue weighted by molar-refractivity contribution is -0.319. The third kappa shape index (κ3) is 2.05. The zero-order valence-electron chi connectivity index (χ0n) is 12.3. The van der Waals surface area contributed by atoms with Crippen LogP contribution in [0.4, 0.5) is 0 Å². The summed E-state index contributed by atoms with van der Waals surface area (Å²) in [6, 6.07) is 0. The minimum absolute atomic E-state index is 0.0118. The molecular weight excluding hydrogens is 240 g/mol. The summed E-state index contributed by atoms with van der Waals surface area (Å²) in [5.41, 5.74) is 0.0118. The molecule has 19 heavy (non-hydrogen) atoms. The van der Waals surface area contributed by atoms with Crippen LogP contribution < -0.4 is 0 Å². The van der Waals surface area contributed by atoms with E-state index >= 15 is 0 Å². The van der Waals surface area contributed by atoms with Crippen molar-refractivity contribution in [2.45, 2.75) is 83.2 Å². The molecule has 3 heteroatoms. The van der Waals surface area contributed by atoms with Gasteiger partial charge in [-0.25, -0.2) is 0 Å². The van der Waals surface area contributed by atoms with Crippen LogP contribution in [0.15, 0.2) is 0 Å². The summed E-state index contributed by atoms with van der Waals surface area (Å²) in [7, 11) is 0. The van der Waals surface area contributed by atoms with Crippen molar-refractivity contribution in [2.75, 3.05) is 0 Å². The number of fused-ring (bicyclic) bond motifs is 3. The van der Waals surface area contributed by atoms with Gasteiger partial charge >= 0.3 is 0 Å². The predicted octanol–water partition coefficient (Wildman–Crippen LogP) is 2.84. The molecule has 2 aliphatic carbocycles. The van der Waals surface area contributed by atoms with Gasteiger partial charge in [0.15, 0.2) is 5.79 Å². The van der Waals surface area contributed by atoms with E-state index in [1.807, 2.05) is 0 Å². The molecule has 4 unspecified atom stereocenters. The van der Waals surface area contributed by atoms with E-state index in [9.17, 15) is 10.2 Å². The Balaban J connectivity index is 1.79. The monoisotopic (exact) mass is 268 g/mol. The SMILES string of the molecule is CCCC1CCC2[C@@H]3CCC(O)[C@]3(C)CCC2(O)O1. The third-order valence-electron chi connectivity index (χ3n) is 6.23. The minimum atomic E-state index is -0.910. The van der Waals surface area contributed by atoms with Crippen LogP contribution in [0.5, 0.6) is 0 Å². The van der Waals surface area contributed by atoms with E-state index in [1.54, 1.807) is 0 Å². The van der Waals surface area contributed by atoms with Gasteiger partial charge in [0, 0.05) is 12.3 Å². The van der Waals surface area contributed by atoms with E-state index in [0.29, 0.717) is 12.3 Å². The maximum absolute atomic E-state index is 10.9. The van der Waals surface area contributed by atoms with E-state index < -0.39 is 5.79 Å². The number of rotatable bonds is 2. The molecule has 6 atom stereocenters. The van der Waals surface area contributed by atoms with Gasteiger partial charge in [0.1, 0.15) is 0 Å². The van der Waals surface area contributed by atoms with Crippen molar-refractivity contribution in [1.29, 1.82) is 0 Å². The average molecular weight is 268 g/mol. The molecule has 3 nitrogen and oxygen atoms in total. The summed E-state index contributed by atoms with van der Waals surface area (Å²) in [5, 5.41) is 21.2. The second-order valence-corrected chi connectivity index (χ2v) is 7.26. The molecule has 2 N–H and O–H groups in total. The molecule has 3 aliphatic rings. The van der Waals surface area contributed by atoms with Crippen LogP contribution in [0.2, 0.25) is 0 Å². The van der Waals surface area contributed by atoms with E-state index in [0.717, 1.165) is 44.9 Å². The number of ether oxygens (including phenoxy) is 1. The van der Waals surface area contributed by atoms with E-state index in [1.165, 1.54) is 0 Å². The lowest BCUT2D eigenvalue weighted by atomic mass is 9.59. The van der Waals surface area contributed by atoms with Crippen LogP contribution in [0.3, 0.4) is 0 Å². The zero-order chi connectivity index (χ0) is 13.7. The number of aliphatic hydroxyl groups excluding tert-OH is 1. The fourth-order valence-corrected chi connectivity index (χ4v) is 5.02. The molecule has 1 aliphatic heterocycles. The molecule has 0 amide bonds. The average Bonchev–Trinajstić information content (AvgIpc) is 2.66. The normalized spacial score (nSPS) is 53.7. The van der Waals surface area contributed by atoms with Crippen LogP contribution in [-0.2, 0) is 4.74 Å². The van der Waals surface area contributed by atoms with E-state index in [2.05, 4.69) is 13.8 Å². The van der Waals surface area contributed by atoms with Crippen molar-refractivity contribution >= 4 is 0 Å². The van der Waals surface area contributed by atoms with Gasteiger partial charge in [0.2, 0.25) is 0 Å². The molecule has 2 saturated carbocycles. The number of hydrogen-bond acceptors (Lipinski definition) is 3. The Morgan fingerprint density at radius 1 is 1.11 bits per heavy atom. The molecule has 110 valence electrons. The molecule has 0 radical (unpaired) electrons. The van der Waals surface area contributed by atoms with Gasteiger partial charge in [-0.1, -0.05) is 20.3 Å². The van der Waals surface area contributed by atoms with Crippen molar-refractivity contribution in [3.05, 3.63) is 0 Å². The molecule has 3 rings (SSSR count). The van der Waals surface area contributed by atoms with Gasteiger partial charge in [0.05, 0.1) is 12.2 Å². The van der Waals surface area contributed by atoms with Crippen molar-refractivity contribution < 1.29 is 14.9 Å². The molecule has 0 spiro atoms. The first kappa shape index (κ1) is 13.8. The summed E-state index contributed by atoms with van der Waals surface area (Å²) in [5.74, 6) is -0.243. The second-order valence-electron chi connectivity index (χ2n) is 7.26. The van der Waals surface area contributed by atoms with E-state index in [-0.39, 0.29) is 23.5 Å². The number of hydrogen-bond donors (Lipinski definition) is 2. The van der Waals surface area contributed by atoms with Gasteiger partial charge in [-0.2, -0.15) is 0 Å². The van der Waals surface area contributed by atoms with Gasteiger partial charge < -0.3 is 14.9 Å². The van der Waals surface area contributed by atoms with Crippen LogP contribution in [-0.4, -0.2) is 28.2 Å². The smallest absolute Gasteiger partial charge is 0.168 e. The molecule has 1 heterocycles. The largest absolute Gasteiger partial charge is 0.393 e. The zero-order valence-corrected chi connectivity index (χ0v) is 12.3. The highest BCUT2D eigenvalue weighted by Gasteiger charge is 2.60. The molecule has 1 saturated heterocycles. The second kappa shape index (κ2) is 4.71. The van der Waals surface area contributed by atoms with Crippen molar-refractivity contribution in [3.8, 4) is 0 Å². The van der Waals surface area contributed by atoms with Crippen molar-refractivity contribution in [2.24, 2.45) is 17.3 Å². The molecule has 0 bridgehead atoms. The van der Waals surface area contributed by atoms with Gasteiger partial charge in [0.25, 0.3) is 0 Å². The summed E-state index contributed by atoms with van der Waals surface area (Å²) in [6.07, 6.45) is 7.89. The maximum atomic E-state index is 10.9. The predicted molar refractivity (Wildman–Crippen MR) is 73.5 cm³/mol. The molecule has 3 fully saturated rings. The maximum Gasteiger partial charge on any atom is 0.168 e. The van der Waals surface area contributed by atoms with Crippen molar-refractivity contribution in [1.82, 2.24) is 0 Å². The lowest BCUT2D eigenvalue weighted by Gasteiger charge is -2.54. The Labute approximate surface area is 116 Å². The first-order valence-electron chi connectivity index (χ1n) is 8.08. The highest BCUT2D eigenvalue weighted by Crippen LogP contribution is 2.60. The molecule has 0 aromatic rings. The fourth-order valence-electron chi connectivity index (χ4n) is 5.02. The van der Waals surface area contributed by atoms with Crippen LogP contribution in [0.25, 0.3) is 0 Å². The highest BCUT2D eigenvalue weighted by atomic mass is 16.6. The standard InChI is InChI=1S/C16H28O3/c1-3-4-11-5-6-13-12-7-8-14(17)15(12,2)9-10-16(13,18)19-11/h11-14,17-18H,3-10H2,1-2H3/t11?,12-,13?,14?,15+,16?/m0/s1. The Morgan fingerprint density at radius 3 is 2.58 bits per heavy atom. The van der Waals surface area contributed by atoms with Gasteiger partial charge in [-0.15, -0.1) is 0 Å². The van der Waals surface area contributed by atoms with Crippen LogP contribution in [0, 0.1) is 17.3 Å². The lowest BCUT2D eigenvalue weighted by Crippen LogP contribution is -2.57. The summed E-state index contributed by atoms with van der Waals surface area (Å²) < 4.78 is 6.08. The molecule has 0 aromatic heterocycles. The van der Waals surface area contributed by atoms with Gasteiger partial charge in [-0.3, -0.25) is 0 Å². The summed E-state index contributed by atoms with van der Waals surface area (Å²) in [6.45, 7) is 4.39. The third-order valence-corrected chi connectivity index (χ3v) is 6.23. The molecular formula is C16H28O3. The first-order valence-corrected chi connectivity index (χ1v) is 8.08. The fraction of sp³-hybridized carbons (Fsp3) is 1.00. The minimum Gasteiger partial charge on any atom is -0.393 e. The quantitative estimate of drug-likeness (QED) is 0.809. The summed E-state index contributed by atoms with van der Waals surface area (Å²) in [4.78, 5) is 0. The van der Waals surface area contributed by atoms with Gasteiger partial charge in [-0.05, 0) is 49.9 Å².